The molecule has 0 aliphatic rings. The van der Waals surface area contributed by atoms with Crippen LogP contribution in [0.1, 0.15) is 58.2 Å². The second-order valence-corrected chi connectivity index (χ2v) is 9.15. The van der Waals surface area contributed by atoms with Gasteiger partial charge in [0.15, 0.2) is 17.4 Å². The Morgan fingerprint density at radius 3 is 2.18 bits per heavy atom. The van der Waals surface area contributed by atoms with Crippen LogP contribution in [-0.2, 0) is 25.7 Å². The lowest BCUT2D eigenvalue weighted by Crippen LogP contribution is -2.42. The summed E-state index contributed by atoms with van der Waals surface area (Å²) in [6.45, 7) is 8.93. The van der Waals surface area contributed by atoms with Gasteiger partial charge in [-0.25, -0.2) is 0 Å². The number of benzene rings is 2. The van der Waals surface area contributed by atoms with E-state index in [2.05, 4.69) is 0 Å². The first-order valence-corrected chi connectivity index (χ1v) is 11.2. The molecule has 0 spiro atoms. The third-order valence-electron chi connectivity index (χ3n) is 5.14. The van der Waals surface area contributed by atoms with Crippen LogP contribution in [0.2, 0.25) is 0 Å². The van der Waals surface area contributed by atoms with Crippen molar-refractivity contribution in [2.24, 2.45) is 23.3 Å². The summed E-state index contributed by atoms with van der Waals surface area (Å²) in [5.41, 5.74) is 12.2. The molecule has 0 aliphatic heterocycles. The fraction of sp³-hybridized carbons (Fsp3) is 0.423. The van der Waals surface area contributed by atoms with Crippen molar-refractivity contribution in [1.82, 2.24) is 0 Å². The molecule has 2 rings (SSSR count). The maximum atomic E-state index is 12.6. The Morgan fingerprint density at radius 2 is 1.62 bits per heavy atom. The van der Waals surface area contributed by atoms with Crippen LogP contribution in [0.25, 0.3) is 0 Å². The first-order valence-electron chi connectivity index (χ1n) is 11.2. The minimum Gasteiger partial charge on any atom is -0.485 e. The van der Waals surface area contributed by atoms with Crippen LogP contribution in [0.15, 0.2) is 48.5 Å². The molecule has 0 radical (unpaired) electrons. The monoisotopic (exact) mass is 470 g/mol. The van der Waals surface area contributed by atoms with E-state index in [1.165, 1.54) is 6.07 Å². The Labute approximate surface area is 200 Å². The highest BCUT2D eigenvalue weighted by Crippen LogP contribution is 2.34. The van der Waals surface area contributed by atoms with Crippen molar-refractivity contribution in [3.63, 3.8) is 0 Å². The van der Waals surface area contributed by atoms with Gasteiger partial charge < -0.3 is 25.7 Å². The van der Waals surface area contributed by atoms with E-state index in [0.29, 0.717) is 17.7 Å². The van der Waals surface area contributed by atoms with E-state index in [9.17, 15) is 14.4 Å². The molecule has 0 saturated carbocycles. The summed E-state index contributed by atoms with van der Waals surface area (Å²) in [5, 5.41) is 0. The number of nitrogens with two attached hydrogens (primary N) is 2. The van der Waals surface area contributed by atoms with E-state index in [-0.39, 0.29) is 18.3 Å². The summed E-state index contributed by atoms with van der Waals surface area (Å²) in [6, 6.07) is 13.1. The van der Waals surface area contributed by atoms with Crippen molar-refractivity contribution in [3.8, 4) is 11.5 Å². The van der Waals surface area contributed by atoms with Crippen molar-refractivity contribution in [1.29, 1.82) is 0 Å². The van der Waals surface area contributed by atoms with Gasteiger partial charge in [-0.15, -0.1) is 0 Å². The zero-order valence-electron chi connectivity index (χ0n) is 20.4. The van der Waals surface area contributed by atoms with Crippen LogP contribution in [0.3, 0.4) is 0 Å². The summed E-state index contributed by atoms with van der Waals surface area (Å²) in [4.78, 5) is 37.2. The highest BCUT2D eigenvalue weighted by Gasteiger charge is 2.36. The summed E-state index contributed by atoms with van der Waals surface area (Å²) >= 11 is 0. The SMILES string of the molecule is CCC(C)C(=O)Oc1cc(C(N)C(C(N)=O)C(=O)OC(C)(C)C)ccc1OCc1ccccc1. The van der Waals surface area contributed by atoms with Gasteiger partial charge in [-0.2, -0.15) is 0 Å². The van der Waals surface area contributed by atoms with Crippen molar-refractivity contribution in [2.45, 2.75) is 59.3 Å². The second kappa shape index (κ2) is 11.7. The van der Waals surface area contributed by atoms with Gasteiger partial charge in [0.25, 0.3) is 0 Å². The van der Waals surface area contributed by atoms with Gasteiger partial charge >= 0.3 is 11.9 Å². The molecule has 1 amide bonds. The van der Waals surface area contributed by atoms with Gasteiger partial charge in [0.1, 0.15) is 12.2 Å². The summed E-state index contributed by atoms with van der Waals surface area (Å²) in [6.07, 6.45) is 0.598. The largest absolute Gasteiger partial charge is 0.485 e. The second-order valence-electron chi connectivity index (χ2n) is 9.15. The maximum Gasteiger partial charge on any atom is 0.320 e. The van der Waals surface area contributed by atoms with E-state index >= 15 is 0 Å². The first kappa shape index (κ1) is 26.9. The van der Waals surface area contributed by atoms with Gasteiger partial charge in [-0.1, -0.05) is 50.2 Å². The third kappa shape index (κ3) is 7.59. The lowest BCUT2D eigenvalue weighted by Gasteiger charge is -2.26. The number of carbonyl (C=O) groups is 3. The molecule has 0 saturated heterocycles. The van der Waals surface area contributed by atoms with Crippen LogP contribution >= 0.6 is 0 Å². The highest BCUT2D eigenvalue weighted by atomic mass is 16.6. The van der Waals surface area contributed by atoms with E-state index < -0.39 is 35.4 Å². The normalized spacial score (nSPS) is 13.9. The Bertz CT molecular complexity index is 1000. The summed E-state index contributed by atoms with van der Waals surface area (Å²) in [5.74, 6) is -3.46. The van der Waals surface area contributed by atoms with Crippen LogP contribution in [0, 0.1) is 11.8 Å². The Morgan fingerprint density at radius 1 is 0.971 bits per heavy atom. The molecular formula is C26H34N2O6. The van der Waals surface area contributed by atoms with Crippen molar-refractivity contribution in [2.75, 3.05) is 0 Å². The van der Waals surface area contributed by atoms with Crippen LogP contribution in [-0.4, -0.2) is 23.4 Å². The maximum absolute atomic E-state index is 12.6. The third-order valence-corrected chi connectivity index (χ3v) is 5.14. The number of hydrogen-bond donors (Lipinski definition) is 2. The Hall–Kier alpha value is -3.39. The molecule has 2 aromatic carbocycles. The minimum atomic E-state index is -1.42. The van der Waals surface area contributed by atoms with E-state index in [1.54, 1.807) is 39.8 Å². The predicted molar refractivity (Wildman–Crippen MR) is 128 cm³/mol. The fourth-order valence-corrected chi connectivity index (χ4v) is 3.04. The molecular weight excluding hydrogens is 436 g/mol. The zero-order chi connectivity index (χ0) is 25.5. The van der Waals surface area contributed by atoms with Gasteiger partial charge in [0, 0.05) is 0 Å². The lowest BCUT2D eigenvalue weighted by molar-refractivity contribution is -0.163. The number of hydrogen-bond acceptors (Lipinski definition) is 7. The van der Waals surface area contributed by atoms with Crippen LogP contribution in [0.5, 0.6) is 11.5 Å². The average Bonchev–Trinajstić information content (AvgIpc) is 2.76. The van der Waals surface area contributed by atoms with E-state index in [1.807, 2.05) is 37.3 Å². The minimum absolute atomic E-state index is 0.140. The molecule has 8 nitrogen and oxygen atoms in total. The molecule has 0 aromatic heterocycles. The van der Waals surface area contributed by atoms with Crippen LogP contribution < -0.4 is 20.9 Å². The number of rotatable bonds is 10. The number of primary amides is 1. The summed E-state index contributed by atoms with van der Waals surface area (Å²) in [7, 11) is 0. The van der Waals surface area contributed by atoms with Crippen LogP contribution in [0.4, 0.5) is 0 Å². The van der Waals surface area contributed by atoms with Crippen molar-refractivity contribution in [3.05, 3.63) is 59.7 Å². The highest BCUT2D eigenvalue weighted by molar-refractivity contribution is 5.98. The molecule has 34 heavy (non-hydrogen) atoms. The van der Waals surface area contributed by atoms with E-state index in [4.69, 9.17) is 25.7 Å². The fourth-order valence-electron chi connectivity index (χ4n) is 3.04. The molecule has 4 N–H and O–H groups in total. The van der Waals surface area contributed by atoms with Gasteiger partial charge in [0.05, 0.1) is 12.0 Å². The topological polar surface area (TPSA) is 131 Å². The molecule has 184 valence electrons. The van der Waals surface area contributed by atoms with Crippen molar-refractivity contribution >= 4 is 17.8 Å². The van der Waals surface area contributed by atoms with Gasteiger partial charge in [-0.05, 0) is 50.5 Å². The summed E-state index contributed by atoms with van der Waals surface area (Å²) < 4.78 is 16.8. The van der Waals surface area contributed by atoms with Gasteiger partial charge in [0.2, 0.25) is 5.91 Å². The zero-order valence-corrected chi connectivity index (χ0v) is 20.4. The first-order chi connectivity index (χ1) is 15.9. The molecule has 3 atom stereocenters. The smallest absolute Gasteiger partial charge is 0.320 e. The van der Waals surface area contributed by atoms with E-state index in [0.717, 1.165) is 5.56 Å². The quantitative estimate of drug-likeness (QED) is 0.308. The molecule has 0 heterocycles. The van der Waals surface area contributed by atoms with Crippen molar-refractivity contribution < 1.29 is 28.6 Å². The predicted octanol–water partition coefficient (Wildman–Crippen LogP) is 3.66. The standard InChI is InChI=1S/C26H34N2O6/c1-6-16(2)24(30)33-20-14-18(12-13-19(20)32-15-17-10-8-7-9-11-17)22(27)21(23(28)29)25(31)34-26(3,4)5/h7-14,16,21-22H,6,15,27H2,1-5H3,(H2,28,29). The molecule has 3 unspecified atom stereocenters. The molecule has 0 aliphatic carbocycles. The lowest BCUT2D eigenvalue weighted by atomic mass is 9.92. The molecule has 2 aromatic rings. The number of esters is 2. The average molecular weight is 471 g/mol. The number of carbonyl (C=O) groups excluding carboxylic acids is 3. The Kier molecular flexibility index (Phi) is 9.20. The molecule has 0 fully saturated rings. The molecule has 0 bridgehead atoms. The Balaban J connectivity index is 2.37. The molecule has 8 heteroatoms. The number of ether oxygens (including phenoxy) is 3. The van der Waals surface area contributed by atoms with Gasteiger partial charge in [-0.3, -0.25) is 14.4 Å². The number of amides is 1.